The van der Waals surface area contributed by atoms with E-state index in [0.29, 0.717) is 0 Å². The monoisotopic (exact) mass is 148 g/mol. The lowest BCUT2D eigenvalue weighted by Crippen LogP contribution is -1.91. The fraction of sp³-hybridized carbons (Fsp3) is 0.333. The van der Waals surface area contributed by atoms with Crippen molar-refractivity contribution in [2.75, 3.05) is 5.75 Å². The van der Waals surface area contributed by atoms with Gasteiger partial charge in [0, 0.05) is 16.7 Å². The average Bonchev–Trinajstić information content (AvgIpc) is 1.83. The van der Waals surface area contributed by atoms with Crippen molar-refractivity contribution >= 4 is 11.8 Å². The summed E-state index contributed by atoms with van der Waals surface area (Å²) < 4.78 is 24.8. The van der Waals surface area contributed by atoms with Gasteiger partial charge in [-0.2, -0.15) is 0 Å². The summed E-state index contributed by atoms with van der Waals surface area (Å²) in [5.74, 6) is -0.511. The van der Waals surface area contributed by atoms with Gasteiger partial charge in [0.15, 0.2) is 0 Å². The topological polar surface area (TPSA) is 0 Å². The van der Waals surface area contributed by atoms with E-state index < -0.39 is 5.83 Å². The van der Waals surface area contributed by atoms with Crippen LogP contribution >= 0.6 is 11.8 Å². The summed E-state index contributed by atoms with van der Waals surface area (Å²) in [7, 11) is 0. The summed E-state index contributed by atoms with van der Waals surface area (Å²) in [4.78, 5) is 0. The maximum atomic E-state index is 12.4. The van der Waals surface area contributed by atoms with Gasteiger partial charge in [0.25, 0.3) is 0 Å². The Morgan fingerprint density at radius 1 is 1.56 bits per heavy atom. The highest BCUT2D eigenvalue weighted by Gasteiger charge is 2.10. The Bertz CT molecular complexity index is 181. The van der Waals surface area contributed by atoms with Crippen molar-refractivity contribution in [2.24, 2.45) is 0 Å². The standard InChI is InChI=1S/C6H6F2S/c1-4-5(7)2-9-3-6(4)8/h2H,3H2,1H3. The zero-order chi connectivity index (χ0) is 6.85. The lowest BCUT2D eigenvalue weighted by atomic mass is 10.2. The summed E-state index contributed by atoms with van der Waals surface area (Å²) in [6.07, 6.45) is 0. The Labute approximate surface area is 56.6 Å². The van der Waals surface area contributed by atoms with Gasteiger partial charge in [-0.3, -0.25) is 0 Å². The molecule has 0 fully saturated rings. The van der Waals surface area contributed by atoms with Gasteiger partial charge in [-0.25, -0.2) is 8.78 Å². The highest BCUT2D eigenvalue weighted by atomic mass is 32.2. The van der Waals surface area contributed by atoms with Gasteiger partial charge in [-0.05, 0) is 6.92 Å². The van der Waals surface area contributed by atoms with Crippen LogP contribution in [-0.4, -0.2) is 5.75 Å². The van der Waals surface area contributed by atoms with Crippen molar-refractivity contribution in [1.29, 1.82) is 0 Å². The summed E-state index contributed by atoms with van der Waals surface area (Å²) in [5.41, 5.74) is 0.147. The molecule has 0 aromatic heterocycles. The van der Waals surface area contributed by atoms with Crippen LogP contribution in [0.15, 0.2) is 22.6 Å². The first-order valence-electron chi connectivity index (χ1n) is 2.54. The maximum Gasteiger partial charge on any atom is 0.135 e. The van der Waals surface area contributed by atoms with E-state index in [1.807, 2.05) is 0 Å². The summed E-state index contributed by atoms with van der Waals surface area (Å²) in [6, 6.07) is 0. The lowest BCUT2D eigenvalue weighted by molar-refractivity contribution is 0.596. The predicted octanol–water partition coefficient (Wildman–Crippen LogP) is 2.79. The molecule has 0 atom stereocenters. The maximum absolute atomic E-state index is 12.4. The SMILES string of the molecule is CC1=C(F)CSC=C1F. The summed E-state index contributed by atoms with van der Waals surface area (Å²) in [6.45, 7) is 1.45. The quantitative estimate of drug-likeness (QED) is 0.509. The summed E-state index contributed by atoms with van der Waals surface area (Å²) in [5, 5.41) is 1.33. The molecule has 0 radical (unpaired) electrons. The van der Waals surface area contributed by atoms with Crippen LogP contribution in [0.5, 0.6) is 0 Å². The van der Waals surface area contributed by atoms with Crippen molar-refractivity contribution in [3.8, 4) is 0 Å². The highest BCUT2D eigenvalue weighted by Crippen LogP contribution is 2.27. The number of rotatable bonds is 0. The third-order valence-electron chi connectivity index (χ3n) is 1.16. The molecule has 0 aliphatic carbocycles. The van der Waals surface area contributed by atoms with E-state index in [9.17, 15) is 8.78 Å². The van der Waals surface area contributed by atoms with Crippen molar-refractivity contribution < 1.29 is 8.78 Å². The number of hydrogen-bond donors (Lipinski definition) is 0. The van der Waals surface area contributed by atoms with Crippen molar-refractivity contribution in [1.82, 2.24) is 0 Å². The largest absolute Gasteiger partial charge is 0.210 e. The molecule has 50 valence electrons. The smallest absolute Gasteiger partial charge is 0.135 e. The Hall–Kier alpha value is -0.310. The van der Waals surface area contributed by atoms with E-state index in [-0.39, 0.29) is 17.2 Å². The zero-order valence-corrected chi connectivity index (χ0v) is 5.77. The molecular weight excluding hydrogens is 142 g/mol. The normalized spacial score (nSPS) is 20.1. The molecular formula is C6H6F2S. The second-order valence-corrected chi connectivity index (χ2v) is 2.66. The fourth-order valence-corrected chi connectivity index (χ4v) is 1.28. The van der Waals surface area contributed by atoms with Crippen LogP contribution in [0.2, 0.25) is 0 Å². The van der Waals surface area contributed by atoms with Crippen LogP contribution < -0.4 is 0 Å². The van der Waals surface area contributed by atoms with Crippen LogP contribution in [0, 0.1) is 0 Å². The van der Waals surface area contributed by atoms with Gasteiger partial charge < -0.3 is 0 Å². The van der Waals surface area contributed by atoms with E-state index in [2.05, 4.69) is 0 Å². The molecule has 0 saturated carbocycles. The highest BCUT2D eigenvalue weighted by molar-refractivity contribution is 8.02. The van der Waals surface area contributed by atoms with Gasteiger partial charge in [0.05, 0.1) is 0 Å². The van der Waals surface area contributed by atoms with Crippen LogP contribution in [0.1, 0.15) is 6.92 Å². The van der Waals surface area contributed by atoms with Crippen molar-refractivity contribution in [2.45, 2.75) is 6.92 Å². The van der Waals surface area contributed by atoms with Gasteiger partial charge in [-0.15, -0.1) is 11.8 Å². The molecule has 1 aliphatic heterocycles. The molecule has 0 amide bonds. The molecule has 0 unspecified atom stereocenters. The zero-order valence-electron chi connectivity index (χ0n) is 4.95. The third-order valence-corrected chi connectivity index (χ3v) is 1.96. The second-order valence-electron chi connectivity index (χ2n) is 1.81. The van der Waals surface area contributed by atoms with Crippen LogP contribution in [0.4, 0.5) is 8.78 Å². The number of allylic oxidation sites excluding steroid dienone is 2. The second kappa shape index (κ2) is 2.52. The van der Waals surface area contributed by atoms with Crippen LogP contribution in [0.3, 0.4) is 0 Å². The molecule has 0 aromatic rings. The molecule has 9 heavy (non-hydrogen) atoms. The predicted molar refractivity (Wildman–Crippen MR) is 35.5 cm³/mol. The number of hydrogen-bond acceptors (Lipinski definition) is 1. The molecule has 0 bridgehead atoms. The molecule has 1 aliphatic rings. The molecule has 0 saturated heterocycles. The van der Waals surface area contributed by atoms with E-state index in [1.165, 1.54) is 12.3 Å². The first-order valence-corrected chi connectivity index (χ1v) is 3.59. The fourth-order valence-electron chi connectivity index (χ4n) is 0.514. The molecule has 0 aromatic carbocycles. The molecule has 0 N–H and O–H groups in total. The number of thioether (sulfide) groups is 1. The first kappa shape index (κ1) is 6.81. The van der Waals surface area contributed by atoms with Crippen LogP contribution in [0.25, 0.3) is 0 Å². The molecule has 0 nitrogen and oxygen atoms in total. The van der Waals surface area contributed by atoms with E-state index in [0.717, 1.165) is 11.8 Å². The number of halogens is 2. The van der Waals surface area contributed by atoms with Gasteiger partial charge in [0.1, 0.15) is 11.7 Å². The lowest BCUT2D eigenvalue weighted by Gasteiger charge is -2.05. The minimum Gasteiger partial charge on any atom is -0.210 e. The molecule has 1 heterocycles. The molecule has 1 rings (SSSR count). The Morgan fingerprint density at radius 3 is 2.67 bits per heavy atom. The summed E-state index contributed by atoms with van der Waals surface area (Å²) >= 11 is 1.14. The Balaban J connectivity index is 2.88. The van der Waals surface area contributed by atoms with Crippen LogP contribution in [-0.2, 0) is 0 Å². The van der Waals surface area contributed by atoms with E-state index in [4.69, 9.17) is 0 Å². The van der Waals surface area contributed by atoms with E-state index >= 15 is 0 Å². The minimum absolute atomic E-state index is 0.147. The Morgan fingerprint density at radius 2 is 2.22 bits per heavy atom. The first-order chi connectivity index (χ1) is 4.22. The van der Waals surface area contributed by atoms with Gasteiger partial charge in [0.2, 0.25) is 0 Å². The van der Waals surface area contributed by atoms with Gasteiger partial charge >= 0.3 is 0 Å². The van der Waals surface area contributed by atoms with Crippen molar-refractivity contribution in [3.63, 3.8) is 0 Å². The average molecular weight is 148 g/mol. The molecule has 0 spiro atoms. The molecule has 3 heteroatoms. The van der Waals surface area contributed by atoms with E-state index in [1.54, 1.807) is 0 Å². The third kappa shape index (κ3) is 1.33. The Kier molecular flexibility index (Phi) is 1.90. The van der Waals surface area contributed by atoms with Gasteiger partial charge in [-0.1, -0.05) is 0 Å². The van der Waals surface area contributed by atoms with Crippen molar-refractivity contribution in [3.05, 3.63) is 22.6 Å². The minimum atomic E-state index is -0.441.